The maximum Gasteiger partial charge on any atom is 0.134 e. The molecule has 0 saturated heterocycles. The lowest BCUT2D eigenvalue weighted by molar-refractivity contribution is 0.225. The van der Waals surface area contributed by atoms with E-state index in [0.29, 0.717) is 5.92 Å². The van der Waals surface area contributed by atoms with Crippen molar-refractivity contribution < 1.29 is 4.39 Å². The van der Waals surface area contributed by atoms with Crippen molar-refractivity contribution in [3.63, 3.8) is 0 Å². The van der Waals surface area contributed by atoms with Crippen LogP contribution in [0.3, 0.4) is 0 Å². The van der Waals surface area contributed by atoms with Crippen molar-refractivity contribution in [1.29, 1.82) is 0 Å². The highest BCUT2D eigenvalue weighted by Crippen LogP contribution is 2.41. The molecule has 2 fully saturated rings. The Labute approximate surface area is 207 Å². The largest absolute Gasteiger partial charge is 0.206 e. The van der Waals surface area contributed by atoms with Crippen LogP contribution in [0.5, 0.6) is 0 Å². The summed E-state index contributed by atoms with van der Waals surface area (Å²) in [5, 5.41) is 1.85. The van der Waals surface area contributed by atoms with E-state index in [4.69, 9.17) is 0 Å². The summed E-state index contributed by atoms with van der Waals surface area (Å²) in [4.78, 5) is 0. The van der Waals surface area contributed by atoms with E-state index in [9.17, 15) is 0 Å². The van der Waals surface area contributed by atoms with E-state index in [2.05, 4.69) is 36.9 Å². The van der Waals surface area contributed by atoms with Crippen LogP contribution in [0.15, 0.2) is 55.1 Å². The molecule has 4 rings (SSSR count). The lowest BCUT2D eigenvalue weighted by Gasteiger charge is -2.32. The second-order valence-corrected chi connectivity index (χ2v) is 11.2. The van der Waals surface area contributed by atoms with E-state index in [1.165, 1.54) is 82.6 Å². The van der Waals surface area contributed by atoms with Gasteiger partial charge in [0.05, 0.1) is 0 Å². The number of aryl methyl sites for hydroxylation is 1. The van der Waals surface area contributed by atoms with Gasteiger partial charge in [-0.15, -0.1) is 6.58 Å². The summed E-state index contributed by atoms with van der Waals surface area (Å²) in [5.74, 6) is 3.50. The first kappa shape index (κ1) is 25.2. The molecule has 2 aromatic carbocycles. The van der Waals surface area contributed by atoms with Gasteiger partial charge in [0.2, 0.25) is 0 Å². The zero-order valence-electron chi connectivity index (χ0n) is 21.4. The highest BCUT2D eigenvalue weighted by Gasteiger charge is 2.25. The third kappa shape index (κ3) is 6.61. The zero-order chi connectivity index (χ0) is 23.8. The Kier molecular flexibility index (Phi) is 9.42. The summed E-state index contributed by atoms with van der Waals surface area (Å²) in [6, 6.07) is 10.6. The van der Waals surface area contributed by atoms with Crippen molar-refractivity contribution in [1.82, 2.24) is 0 Å². The number of allylic oxidation sites excluding steroid dienone is 3. The molecular weight excluding hydrogens is 415 g/mol. The van der Waals surface area contributed by atoms with Gasteiger partial charge in [0.15, 0.2) is 0 Å². The fraction of sp³-hybridized carbons (Fsp3) is 0.576. The molecule has 2 aliphatic carbocycles. The minimum absolute atomic E-state index is 0.0213. The predicted molar refractivity (Wildman–Crippen MR) is 146 cm³/mol. The van der Waals surface area contributed by atoms with Crippen LogP contribution in [0.1, 0.15) is 107 Å². The normalized spacial score (nSPS) is 25.7. The Balaban J connectivity index is 1.25. The molecule has 1 heteroatoms. The Hall–Kier alpha value is -1.89. The second kappa shape index (κ2) is 12.7. The summed E-state index contributed by atoms with van der Waals surface area (Å²) < 4.78 is 15.0. The van der Waals surface area contributed by atoms with Gasteiger partial charge < -0.3 is 0 Å². The van der Waals surface area contributed by atoms with Crippen molar-refractivity contribution in [2.24, 2.45) is 17.8 Å². The van der Waals surface area contributed by atoms with E-state index in [-0.39, 0.29) is 5.82 Å². The maximum absolute atomic E-state index is 15.0. The number of halogens is 1. The molecule has 184 valence electrons. The van der Waals surface area contributed by atoms with Gasteiger partial charge in [-0.05, 0) is 98.5 Å². The average Bonchev–Trinajstić information content (AvgIpc) is 2.88. The van der Waals surface area contributed by atoms with Gasteiger partial charge in [0, 0.05) is 5.39 Å². The first-order chi connectivity index (χ1) is 16.7. The fourth-order valence-electron chi connectivity index (χ4n) is 6.63. The molecular formula is C33H45F. The SMILES string of the molecule is C=CCCC1CCC(CCC2CCC(c3ccc4c(F)c(CC/C=C/C)ccc4c3)CC2)CC1. The molecule has 0 aliphatic heterocycles. The van der Waals surface area contributed by atoms with Crippen LogP contribution in [-0.2, 0) is 6.42 Å². The van der Waals surface area contributed by atoms with Crippen LogP contribution in [0.25, 0.3) is 10.8 Å². The smallest absolute Gasteiger partial charge is 0.134 e. The molecule has 0 aromatic heterocycles. The number of hydrogen-bond acceptors (Lipinski definition) is 0. The molecule has 2 aromatic rings. The van der Waals surface area contributed by atoms with Crippen LogP contribution in [-0.4, -0.2) is 0 Å². The van der Waals surface area contributed by atoms with E-state index in [1.807, 2.05) is 25.1 Å². The van der Waals surface area contributed by atoms with Crippen molar-refractivity contribution in [3.05, 3.63) is 72.1 Å². The third-order valence-corrected chi connectivity index (χ3v) is 8.92. The number of rotatable bonds is 10. The molecule has 0 spiro atoms. The summed E-state index contributed by atoms with van der Waals surface area (Å²) in [5.41, 5.74) is 2.26. The van der Waals surface area contributed by atoms with Crippen LogP contribution in [0.2, 0.25) is 0 Å². The summed E-state index contributed by atoms with van der Waals surface area (Å²) in [7, 11) is 0. The minimum Gasteiger partial charge on any atom is -0.206 e. The van der Waals surface area contributed by atoms with Gasteiger partial charge in [-0.1, -0.05) is 87.1 Å². The van der Waals surface area contributed by atoms with Gasteiger partial charge >= 0.3 is 0 Å². The van der Waals surface area contributed by atoms with Crippen molar-refractivity contribution in [3.8, 4) is 0 Å². The Bertz CT molecular complexity index is 938. The lowest BCUT2D eigenvalue weighted by Crippen LogP contribution is -2.17. The van der Waals surface area contributed by atoms with Crippen molar-refractivity contribution in [2.75, 3.05) is 0 Å². The zero-order valence-corrected chi connectivity index (χ0v) is 21.4. The monoisotopic (exact) mass is 460 g/mol. The van der Waals surface area contributed by atoms with E-state index >= 15 is 4.39 Å². The molecule has 2 aliphatic rings. The Morgan fingerprint density at radius 1 is 0.824 bits per heavy atom. The van der Waals surface area contributed by atoms with E-state index < -0.39 is 0 Å². The van der Waals surface area contributed by atoms with Gasteiger partial charge in [-0.2, -0.15) is 0 Å². The Morgan fingerprint density at radius 2 is 1.47 bits per heavy atom. The Morgan fingerprint density at radius 3 is 2.12 bits per heavy atom. The van der Waals surface area contributed by atoms with Crippen LogP contribution >= 0.6 is 0 Å². The molecule has 0 radical (unpaired) electrons. The predicted octanol–water partition coefficient (Wildman–Crippen LogP) is 10.3. The van der Waals surface area contributed by atoms with E-state index in [1.54, 1.807) is 0 Å². The van der Waals surface area contributed by atoms with Crippen LogP contribution in [0.4, 0.5) is 4.39 Å². The number of fused-ring (bicyclic) bond motifs is 1. The van der Waals surface area contributed by atoms with Gasteiger partial charge in [0.25, 0.3) is 0 Å². The minimum atomic E-state index is -0.0213. The number of benzene rings is 2. The van der Waals surface area contributed by atoms with Crippen LogP contribution in [0, 0.1) is 23.6 Å². The average molecular weight is 461 g/mol. The van der Waals surface area contributed by atoms with Crippen molar-refractivity contribution >= 4 is 10.8 Å². The van der Waals surface area contributed by atoms with Gasteiger partial charge in [0.1, 0.15) is 5.82 Å². The number of hydrogen-bond donors (Lipinski definition) is 0. The molecule has 0 unspecified atom stereocenters. The molecule has 0 nitrogen and oxygen atoms in total. The van der Waals surface area contributed by atoms with Crippen molar-refractivity contribution in [2.45, 2.75) is 103 Å². The maximum atomic E-state index is 15.0. The molecule has 0 amide bonds. The first-order valence-corrected chi connectivity index (χ1v) is 14.1. The quantitative estimate of drug-likeness (QED) is 0.309. The fourth-order valence-corrected chi connectivity index (χ4v) is 6.63. The third-order valence-electron chi connectivity index (χ3n) is 8.92. The molecule has 0 N–H and O–H groups in total. The highest BCUT2D eigenvalue weighted by atomic mass is 19.1. The summed E-state index contributed by atoms with van der Waals surface area (Å²) in [6.07, 6.45) is 24.5. The summed E-state index contributed by atoms with van der Waals surface area (Å²) >= 11 is 0. The summed E-state index contributed by atoms with van der Waals surface area (Å²) in [6.45, 7) is 5.90. The standard InChI is InChI=1S/C33H45F/c1-3-5-7-9-29-20-21-31-24-30(22-23-32(31)33(29)34)28-18-16-27(17-19-28)15-14-26-12-10-25(11-13-26)8-6-4-2/h3-5,20-28H,2,6-19H2,1H3/b5-3+. The van der Waals surface area contributed by atoms with Gasteiger partial charge in [-0.3, -0.25) is 0 Å². The molecule has 34 heavy (non-hydrogen) atoms. The molecule has 0 atom stereocenters. The second-order valence-electron chi connectivity index (χ2n) is 11.2. The van der Waals surface area contributed by atoms with E-state index in [0.717, 1.165) is 46.9 Å². The highest BCUT2D eigenvalue weighted by molar-refractivity contribution is 5.84. The first-order valence-electron chi connectivity index (χ1n) is 14.1. The molecule has 0 heterocycles. The van der Waals surface area contributed by atoms with Gasteiger partial charge in [-0.25, -0.2) is 4.39 Å². The molecule has 2 saturated carbocycles. The van der Waals surface area contributed by atoms with Crippen LogP contribution < -0.4 is 0 Å². The molecule has 0 bridgehead atoms. The lowest BCUT2D eigenvalue weighted by atomic mass is 9.74. The topological polar surface area (TPSA) is 0 Å².